The molecule has 0 spiro atoms. The highest BCUT2D eigenvalue weighted by Crippen LogP contribution is 2.34. The molecule has 0 N–H and O–H groups in total. The minimum atomic E-state index is -4.72. The molecule has 0 heterocycles. The number of halogens is 3. The first-order valence-corrected chi connectivity index (χ1v) is 13.0. The van der Waals surface area contributed by atoms with Gasteiger partial charge in [-0.2, -0.15) is 21.6 Å². The van der Waals surface area contributed by atoms with Crippen molar-refractivity contribution in [1.29, 1.82) is 0 Å². The van der Waals surface area contributed by atoms with Crippen LogP contribution in [0.25, 0.3) is 0 Å². The summed E-state index contributed by atoms with van der Waals surface area (Å²) in [6.07, 6.45) is -4.07. The first-order valence-electron chi connectivity index (χ1n) is 11.6. The van der Waals surface area contributed by atoms with Crippen LogP contribution in [-0.4, -0.2) is 39.5 Å². The fraction of sp³-hybridized carbons (Fsp3) is 0.296. The number of alkyl halides is 3. The highest BCUT2D eigenvalue weighted by atomic mass is 32.2. The number of hydrogen-bond acceptors (Lipinski definition) is 6. The molecule has 0 aliphatic rings. The second-order valence-corrected chi connectivity index (χ2v) is 10.0. The van der Waals surface area contributed by atoms with Gasteiger partial charge in [0, 0.05) is 18.2 Å². The van der Waals surface area contributed by atoms with E-state index in [4.69, 9.17) is 13.7 Å². The Balaban J connectivity index is 1.92. The molecule has 1 amide bonds. The fourth-order valence-corrected chi connectivity index (χ4v) is 4.60. The predicted molar refractivity (Wildman–Crippen MR) is 135 cm³/mol. The monoisotopic (exact) mass is 551 g/mol. The Bertz CT molecular complexity index is 1370. The standard InChI is InChI=1S/C27H28F3NO6S/c1-5-18(2)31(26(32)20-10-12-22(35-3)13-11-20)17-19-9-14-24(36-4)25(15-19)37-38(33,34)23-8-6-7-21(16-23)27(28,29)30/h6-16,18H,5,17H2,1-4H3. The Hall–Kier alpha value is -3.73. The van der Waals surface area contributed by atoms with Crippen LogP contribution in [0, 0.1) is 0 Å². The molecule has 0 aliphatic carbocycles. The molecule has 0 radical (unpaired) electrons. The number of carbonyl (C=O) groups excluding carboxylic acids is 1. The maximum atomic E-state index is 13.3. The Morgan fingerprint density at radius 1 is 0.947 bits per heavy atom. The van der Waals surface area contributed by atoms with E-state index in [9.17, 15) is 26.4 Å². The van der Waals surface area contributed by atoms with Crippen molar-refractivity contribution < 1.29 is 40.0 Å². The topological polar surface area (TPSA) is 82.1 Å². The van der Waals surface area contributed by atoms with Crippen LogP contribution in [-0.2, 0) is 22.8 Å². The Morgan fingerprint density at radius 3 is 2.21 bits per heavy atom. The zero-order chi connectivity index (χ0) is 28.1. The molecular formula is C27H28F3NO6S. The zero-order valence-corrected chi connectivity index (χ0v) is 22.1. The molecule has 0 saturated heterocycles. The van der Waals surface area contributed by atoms with Crippen LogP contribution in [0.5, 0.6) is 17.2 Å². The molecule has 3 aromatic carbocycles. The predicted octanol–water partition coefficient (Wildman–Crippen LogP) is 5.93. The van der Waals surface area contributed by atoms with Crippen LogP contribution in [0.3, 0.4) is 0 Å². The minimum Gasteiger partial charge on any atom is -0.497 e. The number of hydrogen-bond donors (Lipinski definition) is 0. The van der Waals surface area contributed by atoms with Crippen molar-refractivity contribution in [3.8, 4) is 17.2 Å². The summed E-state index contributed by atoms with van der Waals surface area (Å²) in [4.78, 5) is 14.3. The summed E-state index contributed by atoms with van der Waals surface area (Å²) in [5, 5.41) is 0. The largest absolute Gasteiger partial charge is 0.497 e. The summed E-state index contributed by atoms with van der Waals surface area (Å²) in [7, 11) is -1.80. The lowest BCUT2D eigenvalue weighted by Gasteiger charge is -2.29. The highest BCUT2D eigenvalue weighted by Gasteiger charge is 2.32. The first kappa shape index (κ1) is 28.8. The number of rotatable bonds is 10. The van der Waals surface area contributed by atoms with Crippen LogP contribution >= 0.6 is 0 Å². The van der Waals surface area contributed by atoms with E-state index >= 15 is 0 Å². The third-order valence-electron chi connectivity index (χ3n) is 5.95. The lowest BCUT2D eigenvalue weighted by Crippen LogP contribution is -2.37. The van der Waals surface area contributed by atoms with Gasteiger partial charge < -0.3 is 18.6 Å². The summed E-state index contributed by atoms with van der Waals surface area (Å²) in [5.74, 6) is 0.205. The summed E-state index contributed by atoms with van der Waals surface area (Å²) in [6, 6.07) is 14.3. The number of amides is 1. The van der Waals surface area contributed by atoms with Gasteiger partial charge in [-0.05, 0) is 73.5 Å². The van der Waals surface area contributed by atoms with Crippen LogP contribution in [0.2, 0.25) is 0 Å². The van der Waals surface area contributed by atoms with E-state index in [1.165, 1.54) is 26.4 Å². The SMILES string of the molecule is CCC(C)N(Cc1ccc(OC)c(OS(=O)(=O)c2cccc(C(F)(F)F)c2)c1)C(=O)c1ccc(OC)cc1. The molecule has 3 rings (SSSR count). The van der Waals surface area contributed by atoms with Crippen LogP contribution < -0.4 is 13.7 Å². The molecule has 11 heteroatoms. The van der Waals surface area contributed by atoms with Gasteiger partial charge in [-0.1, -0.05) is 19.1 Å². The molecule has 38 heavy (non-hydrogen) atoms. The average molecular weight is 552 g/mol. The summed E-state index contributed by atoms with van der Waals surface area (Å²) < 4.78 is 80.6. The van der Waals surface area contributed by atoms with Crippen molar-refractivity contribution in [2.24, 2.45) is 0 Å². The second-order valence-electron chi connectivity index (χ2n) is 8.47. The van der Waals surface area contributed by atoms with E-state index < -0.39 is 26.8 Å². The van der Waals surface area contributed by atoms with Crippen molar-refractivity contribution in [2.45, 2.75) is 43.9 Å². The van der Waals surface area contributed by atoms with Gasteiger partial charge in [-0.25, -0.2) is 0 Å². The molecule has 1 atom stereocenters. The lowest BCUT2D eigenvalue weighted by atomic mass is 10.1. The maximum Gasteiger partial charge on any atom is 0.416 e. The van der Waals surface area contributed by atoms with Crippen molar-refractivity contribution in [3.63, 3.8) is 0 Å². The van der Waals surface area contributed by atoms with Gasteiger partial charge in [-0.3, -0.25) is 4.79 Å². The molecule has 0 fully saturated rings. The van der Waals surface area contributed by atoms with Crippen molar-refractivity contribution >= 4 is 16.0 Å². The number of nitrogens with zero attached hydrogens (tertiary/aromatic N) is 1. The van der Waals surface area contributed by atoms with Crippen molar-refractivity contribution in [3.05, 3.63) is 83.4 Å². The number of carbonyl (C=O) groups is 1. The van der Waals surface area contributed by atoms with E-state index in [0.29, 0.717) is 29.4 Å². The fourth-order valence-electron chi connectivity index (χ4n) is 3.62. The molecule has 204 valence electrons. The normalized spacial score (nSPS) is 12.5. The third kappa shape index (κ3) is 6.77. The Labute approximate surface area is 219 Å². The summed E-state index contributed by atoms with van der Waals surface area (Å²) in [5.41, 5.74) is -0.144. The first-order chi connectivity index (χ1) is 17.9. The maximum absolute atomic E-state index is 13.3. The van der Waals surface area contributed by atoms with Gasteiger partial charge in [0.2, 0.25) is 0 Å². The summed E-state index contributed by atoms with van der Waals surface area (Å²) >= 11 is 0. The molecule has 1 unspecified atom stereocenters. The number of methoxy groups -OCH3 is 2. The number of benzene rings is 3. The van der Waals surface area contributed by atoms with Gasteiger partial charge in [0.15, 0.2) is 11.5 Å². The third-order valence-corrected chi connectivity index (χ3v) is 7.18. The Kier molecular flexibility index (Phi) is 8.93. The molecule has 0 bridgehead atoms. The van der Waals surface area contributed by atoms with Gasteiger partial charge in [-0.15, -0.1) is 0 Å². The molecule has 0 saturated carbocycles. The van der Waals surface area contributed by atoms with E-state index in [1.807, 2.05) is 13.8 Å². The van der Waals surface area contributed by atoms with Gasteiger partial charge in [0.25, 0.3) is 5.91 Å². The van der Waals surface area contributed by atoms with Crippen LogP contribution in [0.15, 0.2) is 71.6 Å². The molecular weight excluding hydrogens is 523 g/mol. The molecule has 0 aromatic heterocycles. The van der Waals surface area contributed by atoms with Gasteiger partial charge in [0.1, 0.15) is 10.6 Å². The quantitative estimate of drug-likeness (QED) is 0.291. The lowest BCUT2D eigenvalue weighted by molar-refractivity contribution is -0.137. The molecule has 7 nitrogen and oxygen atoms in total. The van der Waals surface area contributed by atoms with E-state index in [0.717, 1.165) is 18.2 Å². The van der Waals surface area contributed by atoms with E-state index in [2.05, 4.69) is 0 Å². The highest BCUT2D eigenvalue weighted by molar-refractivity contribution is 7.87. The van der Waals surface area contributed by atoms with E-state index in [-0.39, 0.29) is 30.0 Å². The average Bonchev–Trinajstić information content (AvgIpc) is 2.90. The van der Waals surface area contributed by atoms with Crippen molar-refractivity contribution in [1.82, 2.24) is 4.90 Å². The Morgan fingerprint density at radius 2 is 1.63 bits per heavy atom. The molecule has 3 aromatic rings. The minimum absolute atomic E-state index is 0.0564. The van der Waals surface area contributed by atoms with E-state index in [1.54, 1.807) is 35.2 Å². The number of ether oxygens (including phenoxy) is 2. The van der Waals surface area contributed by atoms with Gasteiger partial charge >= 0.3 is 16.3 Å². The summed E-state index contributed by atoms with van der Waals surface area (Å²) in [6.45, 7) is 3.94. The van der Waals surface area contributed by atoms with Crippen LogP contribution in [0.1, 0.15) is 41.8 Å². The zero-order valence-electron chi connectivity index (χ0n) is 21.3. The van der Waals surface area contributed by atoms with Crippen LogP contribution in [0.4, 0.5) is 13.2 Å². The van der Waals surface area contributed by atoms with Gasteiger partial charge in [0.05, 0.1) is 19.8 Å². The second kappa shape index (κ2) is 11.8. The van der Waals surface area contributed by atoms with Crippen molar-refractivity contribution in [2.75, 3.05) is 14.2 Å². The molecule has 0 aliphatic heterocycles. The smallest absolute Gasteiger partial charge is 0.416 e.